The summed E-state index contributed by atoms with van der Waals surface area (Å²) in [5, 5.41) is 0.00710. The molecule has 1 rings (SSSR count). The van der Waals surface area contributed by atoms with E-state index in [9.17, 15) is 4.21 Å². The zero-order valence-corrected chi connectivity index (χ0v) is 21.8. The van der Waals surface area contributed by atoms with E-state index in [2.05, 4.69) is 38.3 Å². The molecular weight excluding hydrogens is 410 g/mol. The number of rotatable bonds is 8. The highest BCUT2D eigenvalue weighted by Crippen LogP contribution is 2.40. The topological polar surface area (TPSA) is 75.6 Å². The van der Waals surface area contributed by atoms with E-state index in [0.29, 0.717) is 6.61 Å². The summed E-state index contributed by atoms with van der Waals surface area (Å²) >= 11 is 0. The van der Waals surface area contributed by atoms with Crippen LogP contribution in [0.15, 0.2) is 4.40 Å². The van der Waals surface area contributed by atoms with Crippen molar-refractivity contribution in [2.24, 2.45) is 4.40 Å². The van der Waals surface area contributed by atoms with Crippen LogP contribution in [0.4, 0.5) is 0 Å². The molecule has 0 N–H and O–H groups in total. The maximum absolute atomic E-state index is 12.5. The van der Waals surface area contributed by atoms with E-state index in [4.69, 9.17) is 23.4 Å². The molecule has 1 saturated heterocycles. The highest BCUT2D eigenvalue weighted by atomic mass is 32.2. The number of methoxy groups -OCH3 is 3. The van der Waals surface area contributed by atoms with Crippen LogP contribution in [0.3, 0.4) is 0 Å². The minimum absolute atomic E-state index is 0.00710. The lowest BCUT2D eigenvalue weighted by molar-refractivity contribution is -0.223. The second-order valence-electron chi connectivity index (χ2n) is 9.95. The van der Waals surface area contributed by atoms with Crippen LogP contribution < -0.4 is 0 Å². The molecular formula is C20H41NO6SSi. The van der Waals surface area contributed by atoms with Gasteiger partial charge < -0.3 is 23.4 Å². The zero-order chi connectivity index (χ0) is 22.6. The Labute approximate surface area is 180 Å². The molecule has 0 saturated carbocycles. The van der Waals surface area contributed by atoms with Crippen LogP contribution >= 0.6 is 0 Å². The van der Waals surface area contributed by atoms with Crippen molar-refractivity contribution in [1.82, 2.24) is 0 Å². The van der Waals surface area contributed by atoms with E-state index >= 15 is 0 Å². The lowest BCUT2D eigenvalue weighted by Crippen LogP contribution is -2.64. The van der Waals surface area contributed by atoms with Gasteiger partial charge in [0.15, 0.2) is 8.32 Å². The van der Waals surface area contributed by atoms with Crippen LogP contribution in [0.2, 0.25) is 18.1 Å². The van der Waals surface area contributed by atoms with E-state index in [1.807, 2.05) is 20.8 Å². The lowest BCUT2D eigenvalue weighted by atomic mass is 9.95. The molecule has 1 aliphatic heterocycles. The molecule has 9 heteroatoms. The Balaban J connectivity index is 3.32. The maximum atomic E-state index is 12.5. The normalized spacial score (nSPS) is 30.7. The zero-order valence-electron chi connectivity index (χ0n) is 20.0. The Morgan fingerprint density at radius 3 is 1.97 bits per heavy atom. The minimum Gasteiger partial charge on any atom is -0.408 e. The van der Waals surface area contributed by atoms with E-state index in [1.165, 1.54) is 0 Å². The highest BCUT2D eigenvalue weighted by molar-refractivity contribution is 7.85. The molecule has 1 aliphatic rings. The molecule has 0 spiro atoms. The van der Waals surface area contributed by atoms with Gasteiger partial charge in [-0.05, 0) is 38.9 Å². The molecule has 0 bridgehead atoms. The van der Waals surface area contributed by atoms with Gasteiger partial charge in [0.05, 0.1) is 11.4 Å². The molecule has 29 heavy (non-hydrogen) atoms. The predicted molar refractivity (Wildman–Crippen MR) is 121 cm³/mol. The molecule has 0 unspecified atom stereocenters. The Morgan fingerprint density at radius 2 is 1.55 bits per heavy atom. The molecule has 172 valence electrons. The first kappa shape index (κ1) is 26.9. The summed E-state index contributed by atoms with van der Waals surface area (Å²) in [6.07, 6.45) is -0.421. The predicted octanol–water partition coefficient (Wildman–Crippen LogP) is 3.35. The van der Waals surface area contributed by atoms with Gasteiger partial charge in [0.1, 0.15) is 41.5 Å². The smallest absolute Gasteiger partial charge is 0.192 e. The fraction of sp³-hybridized carbons (Fsp3) is 0.950. The summed E-state index contributed by atoms with van der Waals surface area (Å²) in [6, 6.07) is 0. The van der Waals surface area contributed by atoms with Gasteiger partial charge in [0.2, 0.25) is 0 Å². The average molecular weight is 452 g/mol. The molecule has 0 radical (unpaired) electrons. The van der Waals surface area contributed by atoms with Crippen LogP contribution in [-0.2, 0) is 34.4 Å². The molecule has 6 atom stereocenters. The van der Waals surface area contributed by atoms with Gasteiger partial charge >= 0.3 is 0 Å². The first-order chi connectivity index (χ1) is 13.2. The van der Waals surface area contributed by atoms with Crippen LogP contribution in [0.5, 0.6) is 0 Å². The van der Waals surface area contributed by atoms with Crippen molar-refractivity contribution in [3.8, 4) is 0 Å². The van der Waals surface area contributed by atoms with Gasteiger partial charge in [0, 0.05) is 27.5 Å². The van der Waals surface area contributed by atoms with Gasteiger partial charge in [-0.1, -0.05) is 20.8 Å². The molecule has 1 fully saturated rings. The Hall–Kier alpha value is -0.163. The third-order valence-electron chi connectivity index (χ3n) is 5.61. The molecule has 1 heterocycles. The van der Waals surface area contributed by atoms with E-state index in [0.717, 1.165) is 0 Å². The van der Waals surface area contributed by atoms with Crippen molar-refractivity contribution in [3.63, 3.8) is 0 Å². The first-order valence-corrected chi connectivity index (χ1v) is 14.0. The summed E-state index contributed by atoms with van der Waals surface area (Å²) < 4.78 is 46.2. The fourth-order valence-electron chi connectivity index (χ4n) is 2.84. The van der Waals surface area contributed by atoms with Gasteiger partial charge in [-0.25, -0.2) is 4.21 Å². The largest absolute Gasteiger partial charge is 0.408 e. The van der Waals surface area contributed by atoms with Crippen molar-refractivity contribution in [3.05, 3.63) is 0 Å². The SMILES string of the molecule is COC[C@H]1O[C@H](/C=N/[S@](=O)C(C)(C)C)[C@H](O[Si](C)(C)C(C)(C)C)[C@@H](OC)[C@@H]1OC. The number of hydrogen-bond acceptors (Lipinski definition) is 6. The first-order valence-electron chi connectivity index (χ1n) is 10.0. The van der Waals surface area contributed by atoms with Crippen molar-refractivity contribution in [2.75, 3.05) is 27.9 Å². The summed E-state index contributed by atoms with van der Waals surface area (Å²) in [5.41, 5.74) is 0. The monoisotopic (exact) mass is 451 g/mol. The van der Waals surface area contributed by atoms with Gasteiger partial charge in [-0.3, -0.25) is 0 Å². The summed E-state index contributed by atoms with van der Waals surface area (Å²) in [5.74, 6) is 0. The number of ether oxygens (including phenoxy) is 4. The Morgan fingerprint density at radius 1 is 1.00 bits per heavy atom. The molecule has 0 aromatic carbocycles. The van der Waals surface area contributed by atoms with Crippen LogP contribution in [0.1, 0.15) is 41.5 Å². The second kappa shape index (κ2) is 10.4. The van der Waals surface area contributed by atoms with Crippen molar-refractivity contribution >= 4 is 25.5 Å². The quantitative estimate of drug-likeness (QED) is 0.416. The van der Waals surface area contributed by atoms with Crippen molar-refractivity contribution in [1.29, 1.82) is 0 Å². The van der Waals surface area contributed by atoms with Crippen molar-refractivity contribution < 1.29 is 27.6 Å². The Kier molecular flexibility index (Phi) is 9.67. The molecule has 0 aliphatic carbocycles. The number of nitrogens with zero attached hydrogens (tertiary/aromatic N) is 1. The number of hydrogen-bond donors (Lipinski definition) is 0. The minimum atomic E-state index is -2.15. The summed E-state index contributed by atoms with van der Waals surface area (Å²) in [6.45, 7) is 16.9. The molecule has 0 aromatic rings. The van der Waals surface area contributed by atoms with Gasteiger partial charge in [0.25, 0.3) is 0 Å². The van der Waals surface area contributed by atoms with E-state index in [1.54, 1.807) is 27.5 Å². The lowest BCUT2D eigenvalue weighted by Gasteiger charge is -2.48. The maximum Gasteiger partial charge on any atom is 0.192 e. The van der Waals surface area contributed by atoms with Crippen LogP contribution in [0, 0.1) is 0 Å². The summed E-state index contributed by atoms with van der Waals surface area (Å²) in [4.78, 5) is 0. The average Bonchev–Trinajstić information content (AvgIpc) is 2.58. The second-order valence-corrected chi connectivity index (χ2v) is 16.6. The molecule has 0 aromatic heterocycles. The van der Waals surface area contributed by atoms with Gasteiger partial charge in [-0.15, -0.1) is 0 Å². The molecule has 7 nitrogen and oxygen atoms in total. The summed E-state index contributed by atoms with van der Waals surface area (Å²) in [7, 11) is 1.36. The van der Waals surface area contributed by atoms with E-state index in [-0.39, 0.29) is 23.4 Å². The highest BCUT2D eigenvalue weighted by Gasteiger charge is 2.50. The standard InChI is InChI=1S/C20H41NO6SSi/c1-19(2,3)28(22)21-12-14-17(27-29(10,11)20(4,5)6)18(25-9)16(24-8)15(26-14)13-23-7/h12,14-18H,13H2,1-11H3/b21-12+/t14-,15-,16-,17+,18+,28-/m1/s1. The Bertz CT molecular complexity index is 572. The third-order valence-corrected chi connectivity index (χ3v) is 11.4. The van der Waals surface area contributed by atoms with Crippen molar-refractivity contribution in [2.45, 2.75) is 94.9 Å². The van der Waals surface area contributed by atoms with Gasteiger partial charge in [-0.2, -0.15) is 4.40 Å². The van der Waals surface area contributed by atoms with Crippen LogP contribution in [0.25, 0.3) is 0 Å². The third kappa shape index (κ3) is 6.92. The van der Waals surface area contributed by atoms with Crippen LogP contribution in [-0.4, -0.2) is 81.9 Å². The van der Waals surface area contributed by atoms with E-state index < -0.39 is 36.3 Å². The fourth-order valence-corrected chi connectivity index (χ4v) is 4.69. The molecule has 0 amide bonds.